The molecule has 0 unspecified atom stereocenters. The molecule has 0 spiro atoms. The van der Waals surface area contributed by atoms with Crippen LogP contribution in [-0.4, -0.2) is 60.7 Å². The third-order valence-electron chi connectivity index (χ3n) is 5.93. The van der Waals surface area contributed by atoms with Gasteiger partial charge in [0, 0.05) is 32.4 Å². The Hall–Kier alpha value is -3.16. The van der Waals surface area contributed by atoms with E-state index in [9.17, 15) is 14.0 Å². The molecule has 3 heterocycles. The van der Waals surface area contributed by atoms with Crippen molar-refractivity contribution in [3.63, 3.8) is 0 Å². The van der Waals surface area contributed by atoms with E-state index in [0.717, 1.165) is 17.8 Å². The predicted octanol–water partition coefficient (Wildman–Crippen LogP) is 3.40. The van der Waals surface area contributed by atoms with Crippen molar-refractivity contribution < 1.29 is 18.7 Å². The van der Waals surface area contributed by atoms with E-state index >= 15 is 0 Å². The van der Waals surface area contributed by atoms with Crippen LogP contribution >= 0.6 is 0 Å². The van der Waals surface area contributed by atoms with Crippen LogP contribution in [0.3, 0.4) is 0 Å². The number of carbonyl (C=O) groups excluding carboxylic acids is 2. The number of piperazine rings is 1. The quantitative estimate of drug-likeness (QED) is 0.750. The number of amides is 2. The summed E-state index contributed by atoms with van der Waals surface area (Å²) >= 11 is 0. The average molecular weight is 426 g/mol. The van der Waals surface area contributed by atoms with Crippen molar-refractivity contribution >= 4 is 23.5 Å². The number of rotatable bonds is 4. The zero-order valence-corrected chi connectivity index (χ0v) is 18.1. The maximum absolute atomic E-state index is 14.8. The highest BCUT2D eigenvalue weighted by molar-refractivity contribution is 5.96. The van der Waals surface area contributed by atoms with Crippen molar-refractivity contribution in [3.8, 4) is 0 Å². The molecular weight excluding hydrogens is 399 g/mol. The fourth-order valence-electron chi connectivity index (χ4n) is 4.14. The number of aryl methyl sites for hydroxylation is 2. The molecule has 2 fully saturated rings. The molecule has 31 heavy (non-hydrogen) atoms. The van der Waals surface area contributed by atoms with Crippen LogP contribution in [0.5, 0.6) is 0 Å². The van der Waals surface area contributed by atoms with Crippen molar-refractivity contribution in [3.05, 3.63) is 53.0 Å². The SMILES string of the molecule is CCc1cnc(N2CCN(C(=O)c3ccc(N4C(=O)OC[C@H]4C)cc3F)CC2)c(C)c1. The summed E-state index contributed by atoms with van der Waals surface area (Å²) in [7, 11) is 0. The Morgan fingerprint density at radius 2 is 1.97 bits per heavy atom. The molecule has 7 nitrogen and oxygen atoms in total. The van der Waals surface area contributed by atoms with Gasteiger partial charge in [-0.1, -0.05) is 13.0 Å². The number of hydrogen-bond acceptors (Lipinski definition) is 5. The number of cyclic esters (lactones) is 1. The summed E-state index contributed by atoms with van der Waals surface area (Å²) in [4.78, 5) is 34.6. The first-order chi connectivity index (χ1) is 14.9. The normalized spacial score (nSPS) is 19.0. The van der Waals surface area contributed by atoms with Gasteiger partial charge in [0.2, 0.25) is 0 Å². The minimum atomic E-state index is -0.635. The zero-order valence-electron chi connectivity index (χ0n) is 18.1. The lowest BCUT2D eigenvalue weighted by molar-refractivity contribution is 0.0742. The highest BCUT2D eigenvalue weighted by Crippen LogP contribution is 2.26. The number of anilines is 2. The summed E-state index contributed by atoms with van der Waals surface area (Å²) < 4.78 is 19.8. The predicted molar refractivity (Wildman–Crippen MR) is 116 cm³/mol. The summed E-state index contributed by atoms with van der Waals surface area (Å²) in [5.74, 6) is -0.0392. The van der Waals surface area contributed by atoms with Gasteiger partial charge >= 0.3 is 6.09 Å². The van der Waals surface area contributed by atoms with Crippen molar-refractivity contribution in [2.24, 2.45) is 0 Å². The number of ether oxygens (including phenoxy) is 1. The first kappa shape index (κ1) is 21.1. The highest BCUT2D eigenvalue weighted by Gasteiger charge is 2.32. The van der Waals surface area contributed by atoms with Gasteiger partial charge in [0.25, 0.3) is 5.91 Å². The van der Waals surface area contributed by atoms with E-state index < -0.39 is 11.9 Å². The van der Waals surface area contributed by atoms with E-state index in [1.807, 2.05) is 20.0 Å². The second-order valence-corrected chi connectivity index (χ2v) is 8.08. The van der Waals surface area contributed by atoms with E-state index in [0.29, 0.717) is 31.9 Å². The molecule has 2 saturated heterocycles. The summed E-state index contributed by atoms with van der Waals surface area (Å²) in [5, 5.41) is 0. The molecule has 0 saturated carbocycles. The summed E-state index contributed by atoms with van der Waals surface area (Å²) in [6, 6.07) is 6.25. The van der Waals surface area contributed by atoms with Crippen molar-refractivity contribution in [1.29, 1.82) is 0 Å². The fraction of sp³-hybridized carbons (Fsp3) is 0.435. The van der Waals surface area contributed by atoms with E-state index in [1.165, 1.54) is 22.6 Å². The van der Waals surface area contributed by atoms with E-state index in [-0.39, 0.29) is 24.1 Å². The molecule has 2 aliphatic heterocycles. The van der Waals surface area contributed by atoms with Crippen LogP contribution in [0, 0.1) is 12.7 Å². The molecule has 1 atom stereocenters. The van der Waals surface area contributed by atoms with Gasteiger partial charge in [0.15, 0.2) is 0 Å². The van der Waals surface area contributed by atoms with Crippen LogP contribution in [0.1, 0.15) is 35.3 Å². The number of aromatic nitrogens is 1. The lowest BCUT2D eigenvalue weighted by Crippen LogP contribution is -2.49. The molecule has 2 aromatic rings. The van der Waals surface area contributed by atoms with E-state index in [4.69, 9.17) is 4.74 Å². The topological polar surface area (TPSA) is 66.0 Å². The maximum Gasteiger partial charge on any atom is 0.414 e. The monoisotopic (exact) mass is 426 g/mol. The van der Waals surface area contributed by atoms with Gasteiger partial charge in [0.05, 0.1) is 17.3 Å². The Kier molecular flexibility index (Phi) is 5.80. The molecule has 2 amide bonds. The van der Waals surface area contributed by atoms with Crippen LogP contribution in [0.4, 0.5) is 20.7 Å². The molecule has 0 bridgehead atoms. The van der Waals surface area contributed by atoms with E-state index in [1.54, 1.807) is 11.0 Å². The van der Waals surface area contributed by atoms with Gasteiger partial charge in [-0.15, -0.1) is 0 Å². The minimum Gasteiger partial charge on any atom is -0.447 e. The Morgan fingerprint density at radius 1 is 1.23 bits per heavy atom. The standard InChI is InChI=1S/C23H27FN4O3/c1-4-17-11-15(2)21(25-13-17)26-7-9-27(10-8-26)22(29)19-6-5-18(12-20(19)24)28-16(3)14-31-23(28)30/h5-6,11-13,16H,4,7-10,14H2,1-3H3/t16-/m1/s1. The van der Waals surface area contributed by atoms with Gasteiger partial charge in [0.1, 0.15) is 18.2 Å². The molecule has 0 radical (unpaired) electrons. The number of hydrogen-bond donors (Lipinski definition) is 0. The molecule has 0 aliphatic carbocycles. The van der Waals surface area contributed by atoms with Gasteiger partial charge < -0.3 is 14.5 Å². The lowest BCUT2D eigenvalue weighted by atomic mass is 10.1. The van der Waals surface area contributed by atoms with Crippen molar-refractivity contribution in [2.75, 3.05) is 42.6 Å². The Labute approximate surface area is 181 Å². The molecule has 2 aliphatic rings. The summed E-state index contributed by atoms with van der Waals surface area (Å²) in [6.07, 6.45) is 2.34. The first-order valence-electron chi connectivity index (χ1n) is 10.6. The molecule has 0 N–H and O–H groups in total. The van der Waals surface area contributed by atoms with Crippen molar-refractivity contribution in [1.82, 2.24) is 9.88 Å². The number of nitrogens with zero attached hydrogens (tertiary/aromatic N) is 4. The van der Waals surface area contributed by atoms with E-state index in [2.05, 4.69) is 22.9 Å². The number of halogens is 1. The average Bonchev–Trinajstić information content (AvgIpc) is 3.11. The minimum absolute atomic E-state index is 0.0130. The Bertz CT molecular complexity index is 1000. The number of carbonyl (C=O) groups is 2. The number of pyridine rings is 1. The smallest absolute Gasteiger partial charge is 0.414 e. The highest BCUT2D eigenvalue weighted by atomic mass is 19.1. The molecule has 164 valence electrons. The summed E-state index contributed by atoms with van der Waals surface area (Å²) in [5.41, 5.74) is 2.73. The van der Waals surface area contributed by atoms with Crippen molar-refractivity contribution in [2.45, 2.75) is 33.2 Å². The third kappa shape index (κ3) is 4.06. The van der Waals surface area contributed by atoms with Crippen LogP contribution in [0.25, 0.3) is 0 Å². The van der Waals surface area contributed by atoms with Crippen LogP contribution in [0.15, 0.2) is 30.5 Å². The molecule has 1 aromatic carbocycles. The second-order valence-electron chi connectivity index (χ2n) is 8.08. The van der Waals surface area contributed by atoms with Crippen LogP contribution in [-0.2, 0) is 11.2 Å². The van der Waals surface area contributed by atoms with Gasteiger partial charge in [-0.05, 0) is 49.6 Å². The van der Waals surface area contributed by atoms with Crippen LogP contribution < -0.4 is 9.80 Å². The molecule has 8 heteroatoms. The molecule has 4 rings (SSSR count). The molecule has 1 aromatic heterocycles. The van der Waals surface area contributed by atoms with Gasteiger partial charge in [-0.2, -0.15) is 0 Å². The second kappa shape index (κ2) is 8.53. The Morgan fingerprint density at radius 3 is 2.55 bits per heavy atom. The largest absolute Gasteiger partial charge is 0.447 e. The first-order valence-corrected chi connectivity index (χ1v) is 10.6. The van der Waals surface area contributed by atoms with Gasteiger partial charge in [-0.3, -0.25) is 9.69 Å². The number of benzene rings is 1. The van der Waals surface area contributed by atoms with Gasteiger partial charge in [-0.25, -0.2) is 14.2 Å². The van der Waals surface area contributed by atoms with Crippen LogP contribution in [0.2, 0.25) is 0 Å². The Balaban J connectivity index is 1.43. The third-order valence-corrected chi connectivity index (χ3v) is 5.93. The summed E-state index contributed by atoms with van der Waals surface area (Å²) in [6.45, 7) is 8.51. The maximum atomic E-state index is 14.8. The lowest BCUT2D eigenvalue weighted by Gasteiger charge is -2.36. The zero-order chi connectivity index (χ0) is 22.1. The molecular formula is C23H27FN4O3. The fourth-order valence-corrected chi connectivity index (χ4v) is 4.14.